The smallest absolute Gasteiger partial charge is 0.150 e. The molecule has 1 heterocycles. The van der Waals surface area contributed by atoms with Crippen molar-refractivity contribution in [2.24, 2.45) is 5.14 Å². The quantitative estimate of drug-likeness (QED) is 0.917. The molecule has 0 bridgehead atoms. The molecular weight excluding hydrogens is 308 g/mol. The zero-order valence-electron chi connectivity index (χ0n) is 12.7. The van der Waals surface area contributed by atoms with Crippen molar-refractivity contribution in [1.29, 1.82) is 0 Å². The van der Waals surface area contributed by atoms with E-state index in [1.54, 1.807) is 6.20 Å². The second kappa shape index (κ2) is 6.26. The summed E-state index contributed by atoms with van der Waals surface area (Å²) in [5.74, 6) is -1.27. The minimum Gasteiger partial charge on any atom is -0.303 e. The summed E-state index contributed by atoms with van der Waals surface area (Å²) in [4.78, 5) is 4.26. The van der Waals surface area contributed by atoms with Crippen molar-refractivity contribution in [1.82, 2.24) is 9.55 Å². The highest BCUT2D eigenvalue weighted by atomic mass is 32.2. The monoisotopic (exact) mass is 327 g/mol. The van der Waals surface area contributed by atoms with Gasteiger partial charge in [0.05, 0.1) is 33.4 Å². The predicted octanol–water partition coefficient (Wildman–Crippen LogP) is 3.05. The zero-order valence-corrected chi connectivity index (χ0v) is 13.5. The van der Waals surface area contributed by atoms with E-state index < -0.39 is 27.4 Å². The maximum atomic E-state index is 13.8. The average molecular weight is 327 g/mol. The lowest BCUT2D eigenvalue weighted by molar-refractivity contribution is 0.534. The average Bonchev–Trinajstić information content (AvgIpc) is 2.87. The highest BCUT2D eigenvalue weighted by Gasteiger charge is 2.27. The maximum Gasteiger partial charge on any atom is 0.150 e. The van der Waals surface area contributed by atoms with Gasteiger partial charge in [0.25, 0.3) is 0 Å². The summed E-state index contributed by atoms with van der Waals surface area (Å²) >= 11 is 0. The first kappa shape index (κ1) is 16.8. The Bertz CT molecular complexity index is 700. The van der Waals surface area contributed by atoms with Crippen LogP contribution in [0.3, 0.4) is 0 Å². The van der Waals surface area contributed by atoms with E-state index in [1.165, 1.54) is 23.0 Å². The van der Waals surface area contributed by atoms with Gasteiger partial charge in [-0.25, -0.2) is 18.0 Å². The number of nitrogens with two attached hydrogens (primary N) is 1. The molecular formula is C15H19F2N3OS. The third-order valence-corrected chi connectivity index (χ3v) is 4.89. The molecule has 4 nitrogen and oxygen atoms in total. The Morgan fingerprint density at radius 3 is 2.68 bits per heavy atom. The van der Waals surface area contributed by atoms with Gasteiger partial charge < -0.3 is 4.57 Å². The summed E-state index contributed by atoms with van der Waals surface area (Å²) < 4.78 is 39.2. The van der Waals surface area contributed by atoms with Crippen LogP contribution in [-0.2, 0) is 11.0 Å². The van der Waals surface area contributed by atoms with Gasteiger partial charge in [-0.15, -0.1) is 0 Å². The minimum absolute atomic E-state index is 0.00672. The lowest BCUT2D eigenvalue weighted by Crippen LogP contribution is -2.33. The van der Waals surface area contributed by atoms with E-state index in [0.29, 0.717) is 6.42 Å². The zero-order chi connectivity index (χ0) is 16.5. The van der Waals surface area contributed by atoms with Crippen molar-refractivity contribution >= 4 is 11.0 Å². The number of rotatable bonds is 5. The molecule has 0 aliphatic rings. The van der Waals surface area contributed by atoms with Gasteiger partial charge in [-0.2, -0.15) is 0 Å². The van der Waals surface area contributed by atoms with Crippen molar-refractivity contribution in [3.05, 3.63) is 48.1 Å². The van der Waals surface area contributed by atoms with Crippen molar-refractivity contribution in [3.63, 3.8) is 0 Å². The van der Waals surface area contributed by atoms with E-state index in [2.05, 4.69) is 4.98 Å². The highest BCUT2D eigenvalue weighted by molar-refractivity contribution is 7.84. The molecule has 0 radical (unpaired) electrons. The molecule has 0 amide bonds. The van der Waals surface area contributed by atoms with E-state index in [-0.39, 0.29) is 11.6 Å². The Kier molecular flexibility index (Phi) is 4.77. The van der Waals surface area contributed by atoms with Crippen LogP contribution < -0.4 is 5.14 Å². The fraction of sp³-hybridized carbons (Fsp3) is 0.400. The van der Waals surface area contributed by atoms with Gasteiger partial charge in [-0.3, -0.25) is 5.14 Å². The van der Waals surface area contributed by atoms with Crippen LogP contribution in [0.15, 0.2) is 30.7 Å². The number of imidazole rings is 1. The van der Waals surface area contributed by atoms with Crippen LogP contribution in [-0.4, -0.2) is 18.5 Å². The van der Waals surface area contributed by atoms with Crippen molar-refractivity contribution in [2.45, 2.75) is 37.9 Å². The van der Waals surface area contributed by atoms with Crippen LogP contribution in [0, 0.1) is 11.6 Å². The van der Waals surface area contributed by atoms with Gasteiger partial charge in [0.15, 0.2) is 0 Å². The van der Waals surface area contributed by atoms with Gasteiger partial charge in [0, 0.05) is 18.2 Å². The Hall–Kier alpha value is -1.60. The summed E-state index contributed by atoms with van der Waals surface area (Å²) in [5, 5.41) is 5.49. The number of hydrogen-bond acceptors (Lipinski definition) is 2. The van der Waals surface area contributed by atoms with Gasteiger partial charge in [-0.05, 0) is 32.4 Å². The molecule has 1 unspecified atom stereocenters. The Balaban J connectivity index is 2.22. The normalized spacial score (nSPS) is 14.8. The van der Waals surface area contributed by atoms with E-state index in [1.807, 2.05) is 20.8 Å². The summed E-state index contributed by atoms with van der Waals surface area (Å²) in [5.41, 5.74) is 0.969. The van der Waals surface area contributed by atoms with E-state index in [4.69, 9.17) is 5.14 Å². The largest absolute Gasteiger partial charge is 0.303 e. The molecule has 0 aliphatic heterocycles. The number of hydrogen-bond donors (Lipinski definition) is 1. The van der Waals surface area contributed by atoms with Gasteiger partial charge in [0.1, 0.15) is 11.6 Å². The van der Waals surface area contributed by atoms with E-state index in [0.717, 1.165) is 11.8 Å². The van der Waals surface area contributed by atoms with Gasteiger partial charge in [-0.1, -0.05) is 6.92 Å². The van der Waals surface area contributed by atoms with Crippen molar-refractivity contribution < 1.29 is 13.0 Å². The highest BCUT2D eigenvalue weighted by Crippen LogP contribution is 2.28. The molecule has 0 spiro atoms. The van der Waals surface area contributed by atoms with Crippen LogP contribution in [0.5, 0.6) is 0 Å². The lowest BCUT2D eigenvalue weighted by atomic mass is 9.96. The molecule has 0 aliphatic carbocycles. The first-order chi connectivity index (χ1) is 10.2. The fourth-order valence-electron chi connectivity index (χ4n) is 2.34. The third-order valence-electron chi connectivity index (χ3n) is 3.64. The predicted molar refractivity (Wildman–Crippen MR) is 82.9 cm³/mol. The molecule has 120 valence electrons. The second-order valence-electron chi connectivity index (χ2n) is 5.96. The van der Waals surface area contributed by atoms with Crippen LogP contribution in [0.1, 0.15) is 38.8 Å². The first-order valence-electron chi connectivity index (χ1n) is 6.86. The third kappa shape index (κ3) is 3.59. The number of aromatic nitrogens is 2. The minimum atomic E-state index is -1.44. The molecule has 2 atom stereocenters. The molecule has 2 aromatic rings. The van der Waals surface area contributed by atoms with Gasteiger partial charge in [0.2, 0.25) is 0 Å². The van der Waals surface area contributed by atoms with Crippen molar-refractivity contribution in [3.8, 4) is 5.69 Å². The van der Waals surface area contributed by atoms with Crippen molar-refractivity contribution in [2.75, 3.05) is 0 Å². The first-order valence-corrected chi connectivity index (χ1v) is 8.07. The molecule has 0 fully saturated rings. The Labute approximate surface area is 130 Å². The topological polar surface area (TPSA) is 60.9 Å². The summed E-state index contributed by atoms with van der Waals surface area (Å²) in [7, 11) is -1.44. The Morgan fingerprint density at radius 2 is 2.09 bits per heavy atom. The summed E-state index contributed by atoms with van der Waals surface area (Å²) in [6, 6.07) is 3.39. The van der Waals surface area contributed by atoms with E-state index >= 15 is 0 Å². The molecule has 2 N–H and O–H groups in total. The van der Waals surface area contributed by atoms with E-state index in [9.17, 15) is 13.0 Å². The molecule has 0 saturated carbocycles. The lowest BCUT2D eigenvalue weighted by Gasteiger charge is -2.24. The second-order valence-corrected chi connectivity index (χ2v) is 7.66. The van der Waals surface area contributed by atoms with Crippen LogP contribution >= 0.6 is 0 Å². The van der Waals surface area contributed by atoms with Crippen LogP contribution in [0.4, 0.5) is 8.78 Å². The molecule has 7 heteroatoms. The standard InChI is InChI=1S/C15H19F2N3OS/c1-10(7-15(2,3)22(18)21)13-8-20(9-19-13)14-5-4-11(16)6-12(14)17/h4-6,8-10H,7,18H2,1-3H3/t10-,22?/m0/s1. The van der Waals surface area contributed by atoms with Crippen LogP contribution in [0.25, 0.3) is 5.69 Å². The molecule has 22 heavy (non-hydrogen) atoms. The number of halogens is 2. The molecule has 0 saturated heterocycles. The fourth-order valence-corrected chi connectivity index (χ4v) is 2.75. The molecule has 1 aromatic carbocycles. The molecule has 2 rings (SSSR count). The SMILES string of the molecule is C[C@@H](CC(C)(C)S(N)=O)c1cn(-c2ccc(F)cc2F)cn1. The summed E-state index contributed by atoms with van der Waals surface area (Å²) in [6.07, 6.45) is 3.75. The molecule has 1 aromatic heterocycles. The van der Waals surface area contributed by atoms with Gasteiger partial charge >= 0.3 is 0 Å². The maximum absolute atomic E-state index is 13.8. The Morgan fingerprint density at radius 1 is 1.41 bits per heavy atom. The van der Waals surface area contributed by atoms with Crippen LogP contribution in [0.2, 0.25) is 0 Å². The summed E-state index contributed by atoms with van der Waals surface area (Å²) in [6.45, 7) is 5.61. The number of benzene rings is 1. The number of nitrogens with zero attached hydrogens (tertiary/aromatic N) is 2.